The number of hydrogen-bond donors (Lipinski definition) is 2. The number of fused-ring (bicyclic) bond motifs is 1. The summed E-state index contributed by atoms with van der Waals surface area (Å²) in [5.41, 5.74) is 1.82. The van der Waals surface area contributed by atoms with E-state index in [0.717, 1.165) is 11.3 Å². The van der Waals surface area contributed by atoms with E-state index in [-0.39, 0.29) is 24.3 Å². The van der Waals surface area contributed by atoms with Crippen LogP contribution in [0.4, 0.5) is 5.69 Å². The molecule has 0 aliphatic carbocycles. The van der Waals surface area contributed by atoms with Crippen LogP contribution in [0.1, 0.15) is 18.4 Å². The number of nitrogens with zero attached hydrogens (tertiary/aromatic N) is 1. The average Bonchev–Trinajstić information content (AvgIpc) is 2.77. The second-order valence-corrected chi connectivity index (χ2v) is 5.64. The van der Waals surface area contributed by atoms with Crippen molar-refractivity contribution in [3.05, 3.63) is 23.8 Å². The van der Waals surface area contributed by atoms with E-state index >= 15 is 0 Å². The van der Waals surface area contributed by atoms with Crippen LogP contribution in [-0.2, 0) is 20.8 Å². The fourth-order valence-corrected chi connectivity index (χ4v) is 2.70. The number of rotatable bonds is 3. The first-order valence-corrected chi connectivity index (χ1v) is 7.72. The van der Waals surface area contributed by atoms with Crippen molar-refractivity contribution in [1.29, 1.82) is 0 Å². The molecule has 3 amide bonds. The van der Waals surface area contributed by atoms with Crippen molar-refractivity contribution in [2.45, 2.75) is 19.3 Å². The summed E-state index contributed by atoms with van der Waals surface area (Å²) < 4.78 is 5.57. The molecule has 1 fully saturated rings. The lowest BCUT2D eigenvalue weighted by atomic mass is 10.0. The SMILES string of the molecule is O=C1CCN(C(=O)COc2ccc3c(c2)CCC(=O)N3)CCN1. The van der Waals surface area contributed by atoms with Gasteiger partial charge in [-0.25, -0.2) is 0 Å². The van der Waals surface area contributed by atoms with E-state index in [9.17, 15) is 14.4 Å². The number of aryl methyl sites for hydroxylation is 1. The van der Waals surface area contributed by atoms with Gasteiger partial charge in [-0.2, -0.15) is 0 Å². The molecule has 2 aliphatic heterocycles. The minimum atomic E-state index is -0.132. The van der Waals surface area contributed by atoms with Gasteiger partial charge >= 0.3 is 0 Å². The van der Waals surface area contributed by atoms with E-state index in [1.165, 1.54) is 0 Å². The van der Waals surface area contributed by atoms with Gasteiger partial charge in [-0.3, -0.25) is 14.4 Å². The van der Waals surface area contributed by atoms with Crippen molar-refractivity contribution in [1.82, 2.24) is 10.2 Å². The molecule has 3 rings (SSSR count). The smallest absolute Gasteiger partial charge is 0.260 e. The molecule has 0 unspecified atom stereocenters. The topological polar surface area (TPSA) is 87.7 Å². The molecule has 7 nitrogen and oxygen atoms in total. The third kappa shape index (κ3) is 3.80. The Morgan fingerprint density at radius 3 is 2.87 bits per heavy atom. The summed E-state index contributed by atoms with van der Waals surface area (Å²) in [6.07, 6.45) is 1.46. The van der Waals surface area contributed by atoms with Gasteiger partial charge in [0.2, 0.25) is 11.8 Å². The molecule has 122 valence electrons. The van der Waals surface area contributed by atoms with Gasteiger partial charge in [-0.1, -0.05) is 0 Å². The van der Waals surface area contributed by atoms with E-state index in [4.69, 9.17) is 4.74 Å². The van der Waals surface area contributed by atoms with E-state index < -0.39 is 0 Å². The molecule has 1 aromatic carbocycles. The third-order valence-electron chi connectivity index (χ3n) is 4.00. The first-order valence-electron chi connectivity index (χ1n) is 7.72. The van der Waals surface area contributed by atoms with E-state index in [1.54, 1.807) is 17.0 Å². The fourth-order valence-electron chi connectivity index (χ4n) is 2.70. The van der Waals surface area contributed by atoms with Crippen LogP contribution in [0.3, 0.4) is 0 Å². The molecule has 1 saturated heterocycles. The van der Waals surface area contributed by atoms with Crippen LogP contribution in [0, 0.1) is 0 Å². The zero-order valence-electron chi connectivity index (χ0n) is 12.8. The summed E-state index contributed by atoms with van der Waals surface area (Å²) in [6, 6.07) is 5.39. The van der Waals surface area contributed by atoms with Gasteiger partial charge in [0, 0.05) is 38.2 Å². The minimum Gasteiger partial charge on any atom is -0.484 e. The predicted octanol–water partition coefficient (Wildman–Crippen LogP) is 0.299. The highest BCUT2D eigenvalue weighted by Gasteiger charge is 2.19. The van der Waals surface area contributed by atoms with Crippen molar-refractivity contribution in [3.8, 4) is 5.75 Å². The van der Waals surface area contributed by atoms with Crippen LogP contribution in [0.2, 0.25) is 0 Å². The molecular weight excluding hydrogens is 298 g/mol. The fraction of sp³-hybridized carbons (Fsp3) is 0.438. The Labute approximate surface area is 134 Å². The van der Waals surface area contributed by atoms with Crippen LogP contribution >= 0.6 is 0 Å². The molecule has 0 bridgehead atoms. The number of amides is 3. The van der Waals surface area contributed by atoms with Gasteiger partial charge < -0.3 is 20.3 Å². The Hall–Kier alpha value is -2.57. The van der Waals surface area contributed by atoms with Crippen LogP contribution < -0.4 is 15.4 Å². The summed E-state index contributed by atoms with van der Waals surface area (Å²) in [6.45, 7) is 1.34. The highest BCUT2D eigenvalue weighted by Crippen LogP contribution is 2.26. The van der Waals surface area contributed by atoms with E-state index in [0.29, 0.717) is 44.6 Å². The molecule has 0 atom stereocenters. The molecule has 0 saturated carbocycles. The van der Waals surface area contributed by atoms with Gasteiger partial charge in [0.05, 0.1) is 0 Å². The van der Waals surface area contributed by atoms with Gasteiger partial charge in [-0.15, -0.1) is 0 Å². The Bertz CT molecular complexity index is 644. The van der Waals surface area contributed by atoms with Gasteiger partial charge in [-0.05, 0) is 30.2 Å². The summed E-state index contributed by atoms with van der Waals surface area (Å²) in [5, 5.41) is 5.54. The zero-order valence-corrected chi connectivity index (χ0v) is 12.8. The first-order chi connectivity index (χ1) is 11.1. The van der Waals surface area contributed by atoms with Crippen molar-refractivity contribution >= 4 is 23.4 Å². The molecule has 2 heterocycles. The highest BCUT2D eigenvalue weighted by atomic mass is 16.5. The predicted molar refractivity (Wildman–Crippen MR) is 83.1 cm³/mol. The van der Waals surface area contributed by atoms with Crippen LogP contribution in [0.25, 0.3) is 0 Å². The van der Waals surface area contributed by atoms with Crippen molar-refractivity contribution in [2.24, 2.45) is 0 Å². The van der Waals surface area contributed by atoms with Crippen molar-refractivity contribution in [2.75, 3.05) is 31.6 Å². The van der Waals surface area contributed by atoms with Crippen LogP contribution in [0.5, 0.6) is 5.75 Å². The lowest BCUT2D eigenvalue weighted by Gasteiger charge is -2.20. The maximum Gasteiger partial charge on any atom is 0.260 e. The molecule has 0 spiro atoms. The number of benzene rings is 1. The quantitative estimate of drug-likeness (QED) is 0.839. The summed E-state index contributed by atoms with van der Waals surface area (Å²) in [7, 11) is 0. The number of hydrogen-bond acceptors (Lipinski definition) is 4. The second-order valence-electron chi connectivity index (χ2n) is 5.64. The molecule has 0 aromatic heterocycles. The summed E-state index contributed by atoms with van der Waals surface area (Å²) in [4.78, 5) is 36.4. The maximum atomic E-state index is 12.2. The minimum absolute atomic E-state index is 0.0191. The molecule has 2 N–H and O–H groups in total. The highest BCUT2D eigenvalue weighted by molar-refractivity contribution is 5.94. The first kappa shape index (κ1) is 15.3. The summed E-state index contributed by atoms with van der Waals surface area (Å²) >= 11 is 0. The lowest BCUT2D eigenvalue weighted by Crippen LogP contribution is -2.37. The largest absolute Gasteiger partial charge is 0.484 e. The van der Waals surface area contributed by atoms with Gasteiger partial charge in [0.1, 0.15) is 5.75 Å². The average molecular weight is 317 g/mol. The van der Waals surface area contributed by atoms with E-state index in [2.05, 4.69) is 10.6 Å². The van der Waals surface area contributed by atoms with Gasteiger partial charge in [0.15, 0.2) is 6.61 Å². The van der Waals surface area contributed by atoms with Crippen molar-refractivity contribution < 1.29 is 19.1 Å². The number of carbonyl (C=O) groups excluding carboxylic acids is 3. The lowest BCUT2D eigenvalue weighted by molar-refractivity contribution is -0.133. The summed E-state index contributed by atoms with van der Waals surface area (Å²) in [5.74, 6) is 0.466. The molecular formula is C16H19N3O4. The Morgan fingerprint density at radius 1 is 1.13 bits per heavy atom. The number of anilines is 1. The molecule has 1 aromatic rings. The maximum absolute atomic E-state index is 12.2. The Morgan fingerprint density at radius 2 is 2.00 bits per heavy atom. The molecule has 0 radical (unpaired) electrons. The Balaban J connectivity index is 1.56. The van der Waals surface area contributed by atoms with Crippen LogP contribution in [0.15, 0.2) is 18.2 Å². The standard InChI is InChI=1S/C16H19N3O4/c20-14-5-7-19(8-6-17-14)16(22)10-23-12-2-3-13-11(9-12)1-4-15(21)18-13/h2-3,9H,1,4-8,10H2,(H,17,20)(H,18,21). The molecule has 23 heavy (non-hydrogen) atoms. The number of carbonyl (C=O) groups is 3. The second kappa shape index (κ2) is 6.68. The zero-order chi connectivity index (χ0) is 16.2. The van der Waals surface area contributed by atoms with Gasteiger partial charge in [0.25, 0.3) is 5.91 Å². The monoisotopic (exact) mass is 317 g/mol. The van der Waals surface area contributed by atoms with Crippen LogP contribution in [-0.4, -0.2) is 48.9 Å². The normalized spacial score (nSPS) is 17.7. The molecule has 7 heteroatoms. The van der Waals surface area contributed by atoms with Crippen molar-refractivity contribution in [3.63, 3.8) is 0 Å². The number of nitrogens with one attached hydrogen (secondary N) is 2. The van der Waals surface area contributed by atoms with E-state index in [1.807, 2.05) is 6.07 Å². The molecule has 2 aliphatic rings. The third-order valence-corrected chi connectivity index (χ3v) is 4.00. The number of ether oxygens (including phenoxy) is 1. The Kier molecular flexibility index (Phi) is 4.45.